The van der Waals surface area contributed by atoms with Gasteiger partial charge in [0, 0.05) is 11.6 Å². The Bertz CT molecular complexity index is 1130. The lowest BCUT2D eigenvalue weighted by atomic mass is 10.2. The molecule has 142 valence electrons. The lowest BCUT2D eigenvalue weighted by molar-refractivity contribution is 0.102. The minimum absolute atomic E-state index is 0.0132. The van der Waals surface area contributed by atoms with Crippen molar-refractivity contribution in [2.45, 2.75) is 24.7 Å². The monoisotopic (exact) mass is 424 g/mol. The number of benzene rings is 1. The van der Waals surface area contributed by atoms with Crippen LogP contribution in [-0.2, 0) is 6.54 Å². The molecule has 0 fully saturated rings. The van der Waals surface area contributed by atoms with E-state index < -0.39 is 17.0 Å². The molecule has 1 aromatic carbocycles. The molecule has 0 aliphatic heterocycles. The number of ketones is 1. The molecule has 3 aromatic rings. The number of halogens is 1. The minimum Gasteiger partial charge on any atom is -0.384 e. The molecule has 0 bridgehead atoms. The number of H-pyrrole nitrogens is 1. The summed E-state index contributed by atoms with van der Waals surface area (Å²) in [6.07, 6.45) is 0. The maximum absolute atomic E-state index is 12.6. The summed E-state index contributed by atoms with van der Waals surface area (Å²) in [5, 5.41) is 0.590. The van der Waals surface area contributed by atoms with Crippen LogP contribution >= 0.6 is 34.7 Å². The number of nitrogens with zero attached hydrogens (tertiary/aromatic N) is 2. The van der Waals surface area contributed by atoms with Crippen molar-refractivity contribution in [2.75, 3.05) is 11.5 Å². The molecule has 0 unspecified atom stereocenters. The van der Waals surface area contributed by atoms with Gasteiger partial charge in [-0.1, -0.05) is 37.2 Å². The first-order valence-electron chi connectivity index (χ1n) is 8.11. The Hall–Kier alpha value is -2.10. The van der Waals surface area contributed by atoms with Crippen LogP contribution in [0.4, 0.5) is 5.82 Å². The third-order valence-electron chi connectivity index (χ3n) is 3.72. The molecule has 0 saturated heterocycles. The zero-order valence-corrected chi connectivity index (χ0v) is 17.0. The zero-order valence-electron chi connectivity index (χ0n) is 14.6. The van der Waals surface area contributed by atoms with Crippen LogP contribution < -0.4 is 17.0 Å². The first-order valence-corrected chi connectivity index (χ1v) is 10.3. The Balaban J connectivity index is 1.85. The van der Waals surface area contributed by atoms with Gasteiger partial charge < -0.3 is 5.73 Å². The molecular formula is C17H17ClN4O3S2. The molecule has 2 aromatic heterocycles. The normalized spacial score (nSPS) is 11.4. The summed E-state index contributed by atoms with van der Waals surface area (Å²) in [5.41, 5.74) is 5.16. The molecule has 3 rings (SSSR count). The maximum Gasteiger partial charge on any atom is 0.329 e. The minimum atomic E-state index is -0.765. The molecule has 0 spiro atoms. The van der Waals surface area contributed by atoms with Crippen LogP contribution in [0.1, 0.15) is 24.2 Å². The Labute approximate surface area is 167 Å². The molecule has 3 N–H and O–H groups in total. The molecule has 0 saturated carbocycles. The number of nitrogens with one attached hydrogen (secondary N) is 1. The number of carbonyl (C=O) groups is 1. The fourth-order valence-electron chi connectivity index (χ4n) is 2.54. The van der Waals surface area contributed by atoms with E-state index in [1.165, 1.54) is 27.7 Å². The smallest absolute Gasteiger partial charge is 0.329 e. The van der Waals surface area contributed by atoms with Gasteiger partial charge in [0.25, 0.3) is 5.56 Å². The highest BCUT2D eigenvalue weighted by Gasteiger charge is 2.20. The van der Waals surface area contributed by atoms with Gasteiger partial charge in [0.05, 0.1) is 16.0 Å². The van der Waals surface area contributed by atoms with E-state index in [1.807, 2.05) is 19.9 Å². The fraction of sp³-hybridized carbons (Fsp3) is 0.294. The Morgan fingerprint density at radius 1 is 1.41 bits per heavy atom. The number of fused-ring (bicyclic) bond motifs is 1. The predicted octanol–water partition coefficient (Wildman–Crippen LogP) is 3.01. The summed E-state index contributed by atoms with van der Waals surface area (Å²) in [4.78, 5) is 43.3. The highest BCUT2D eigenvalue weighted by Crippen LogP contribution is 2.31. The van der Waals surface area contributed by atoms with E-state index in [4.69, 9.17) is 17.3 Å². The first-order chi connectivity index (χ1) is 12.8. The molecule has 2 heterocycles. The van der Waals surface area contributed by atoms with E-state index in [2.05, 4.69) is 9.97 Å². The van der Waals surface area contributed by atoms with E-state index in [0.29, 0.717) is 15.9 Å². The van der Waals surface area contributed by atoms with Crippen molar-refractivity contribution in [3.05, 3.63) is 49.6 Å². The van der Waals surface area contributed by atoms with Gasteiger partial charge in [-0.3, -0.25) is 19.1 Å². The molecule has 0 aliphatic carbocycles. The Morgan fingerprint density at radius 3 is 2.85 bits per heavy atom. The van der Waals surface area contributed by atoms with Crippen LogP contribution in [0.15, 0.2) is 32.1 Å². The van der Waals surface area contributed by atoms with Gasteiger partial charge in [0.15, 0.2) is 10.1 Å². The maximum atomic E-state index is 12.6. The van der Waals surface area contributed by atoms with Crippen molar-refractivity contribution < 1.29 is 4.79 Å². The van der Waals surface area contributed by atoms with Gasteiger partial charge >= 0.3 is 5.69 Å². The molecule has 7 nitrogen and oxygen atoms in total. The van der Waals surface area contributed by atoms with E-state index in [-0.39, 0.29) is 23.1 Å². The second-order valence-corrected chi connectivity index (χ2v) is 9.02. The number of anilines is 1. The summed E-state index contributed by atoms with van der Waals surface area (Å²) in [6, 6.07) is 5.40. The molecule has 0 amide bonds. The average Bonchev–Trinajstić information content (AvgIpc) is 2.98. The number of thioether (sulfide) groups is 1. The predicted molar refractivity (Wildman–Crippen MR) is 110 cm³/mol. The van der Waals surface area contributed by atoms with Gasteiger partial charge in [-0.25, -0.2) is 9.78 Å². The molecule has 0 atom stereocenters. The number of rotatable bonds is 6. The van der Waals surface area contributed by atoms with Crippen molar-refractivity contribution >= 4 is 56.5 Å². The van der Waals surface area contributed by atoms with Crippen molar-refractivity contribution in [3.63, 3.8) is 0 Å². The SMILES string of the molecule is CC(C)Cn1c(N)c(C(=O)CSc2nc3cc(Cl)ccc3s2)c(=O)[nH]c1=O. The van der Waals surface area contributed by atoms with E-state index in [1.54, 1.807) is 12.1 Å². The van der Waals surface area contributed by atoms with Crippen LogP contribution in [0, 0.1) is 5.92 Å². The molecule has 0 aliphatic rings. The quantitative estimate of drug-likeness (QED) is 0.464. The third kappa shape index (κ3) is 4.26. The summed E-state index contributed by atoms with van der Waals surface area (Å²) >= 11 is 8.61. The number of hydrogen-bond acceptors (Lipinski definition) is 7. The van der Waals surface area contributed by atoms with E-state index in [9.17, 15) is 14.4 Å². The number of carbonyl (C=O) groups excluding carboxylic acids is 1. The van der Waals surface area contributed by atoms with Gasteiger partial charge in [-0.15, -0.1) is 11.3 Å². The number of hydrogen-bond donors (Lipinski definition) is 2. The number of nitrogens with two attached hydrogens (primary N) is 1. The third-order valence-corrected chi connectivity index (χ3v) is 6.14. The zero-order chi connectivity index (χ0) is 19.7. The number of Topliss-reactive ketones (excluding diaryl/α,β-unsaturated/α-hetero) is 1. The Morgan fingerprint density at radius 2 is 2.15 bits per heavy atom. The Kier molecular flexibility index (Phi) is 5.73. The van der Waals surface area contributed by atoms with Crippen molar-refractivity contribution in [2.24, 2.45) is 5.92 Å². The summed E-state index contributed by atoms with van der Waals surface area (Å²) in [7, 11) is 0. The average molecular weight is 425 g/mol. The second kappa shape index (κ2) is 7.87. The van der Waals surface area contributed by atoms with Crippen LogP contribution in [0.2, 0.25) is 5.02 Å². The van der Waals surface area contributed by atoms with Crippen LogP contribution in [-0.4, -0.2) is 26.1 Å². The van der Waals surface area contributed by atoms with E-state index in [0.717, 1.165) is 10.2 Å². The number of aromatic nitrogens is 3. The number of thiazole rings is 1. The summed E-state index contributed by atoms with van der Waals surface area (Å²) < 4.78 is 2.87. The first kappa shape index (κ1) is 19.7. The van der Waals surface area contributed by atoms with Crippen molar-refractivity contribution in [1.82, 2.24) is 14.5 Å². The van der Waals surface area contributed by atoms with Crippen molar-refractivity contribution in [1.29, 1.82) is 0 Å². The number of nitrogen functional groups attached to an aromatic ring is 1. The van der Waals surface area contributed by atoms with Crippen molar-refractivity contribution in [3.8, 4) is 0 Å². The highest BCUT2D eigenvalue weighted by molar-refractivity contribution is 8.01. The summed E-state index contributed by atoms with van der Waals surface area (Å²) in [6.45, 7) is 4.13. The topological polar surface area (TPSA) is 111 Å². The van der Waals surface area contributed by atoms with Gasteiger partial charge in [0.1, 0.15) is 11.4 Å². The lowest BCUT2D eigenvalue weighted by Gasteiger charge is -2.13. The fourth-order valence-corrected chi connectivity index (χ4v) is 4.63. The van der Waals surface area contributed by atoms with Crippen LogP contribution in [0.3, 0.4) is 0 Å². The van der Waals surface area contributed by atoms with Gasteiger partial charge in [0.2, 0.25) is 0 Å². The highest BCUT2D eigenvalue weighted by atomic mass is 35.5. The van der Waals surface area contributed by atoms with Crippen LogP contribution in [0.5, 0.6) is 0 Å². The van der Waals surface area contributed by atoms with E-state index >= 15 is 0 Å². The second-order valence-electron chi connectivity index (χ2n) is 6.33. The van der Waals surface area contributed by atoms with Crippen LogP contribution in [0.25, 0.3) is 10.2 Å². The van der Waals surface area contributed by atoms with Gasteiger partial charge in [-0.05, 0) is 24.1 Å². The molecule has 27 heavy (non-hydrogen) atoms. The largest absolute Gasteiger partial charge is 0.384 e. The number of aromatic amines is 1. The standard InChI is InChI=1S/C17H17ClN4O3S2/c1-8(2)6-22-14(19)13(15(24)21-16(22)25)11(23)7-26-17-20-10-5-9(18)3-4-12(10)27-17/h3-5,8H,6-7,19H2,1-2H3,(H,21,24,25). The summed E-state index contributed by atoms with van der Waals surface area (Å²) in [5.74, 6) is -0.434. The molecule has 10 heteroatoms. The molecular weight excluding hydrogens is 408 g/mol. The molecule has 0 radical (unpaired) electrons. The van der Waals surface area contributed by atoms with Gasteiger partial charge in [-0.2, -0.15) is 0 Å². The lowest BCUT2D eigenvalue weighted by Crippen LogP contribution is -2.37.